The van der Waals surface area contributed by atoms with Crippen LogP contribution in [0.4, 0.5) is 0 Å². The number of methoxy groups -OCH3 is 1. The maximum absolute atomic E-state index is 5.28. The molecule has 0 amide bonds. The van der Waals surface area contributed by atoms with Gasteiger partial charge in [0.25, 0.3) is 0 Å². The van der Waals surface area contributed by atoms with Crippen molar-refractivity contribution in [2.45, 2.75) is 26.3 Å². The third-order valence-electron chi connectivity index (χ3n) is 3.29. The zero-order valence-corrected chi connectivity index (χ0v) is 12.9. The topological polar surface area (TPSA) is 21.3 Å². The number of quaternary nitrogens is 1. The van der Waals surface area contributed by atoms with E-state index in [1.165, 1.54) is 24.9 Å². The Balaban J connectivity index is 2.39. The Morgan fingerprint density at radius 1 is 1.21 bits per heavy atom. The lowest BCUT2D eigenvalue weighted by Crippen LogP contribution is -2.40. The quantitative estimate of drug-likeness (QED) is 0.547. The summed E-state index contributed by atoms with van der Waals surface area (Å²) in [6.07, 6.45) is 2.43. The fourth-order valence-electron chi connectivity index (χ4n) is 2.28. The van der Waals surface area contributed by atoms with Crippen molar-refractivity contribution >= 4 is 0 Å². The number of nitrogens with zero attached hydrogens (tertiary/aromatic N) is 1. The Labute approximate surface area is 118 Å². The van der Waals surface area contributed by atoms with Crippen LogP contribution in [0.25, 0.3) is 0 Å². The van der Waals surface area contributed by atoms with Gasteiger partial charge >= 0.3 is 0 Å². The summed E-state index contributed by atoms with van der Waals surface area (Å²) in [7, 11) is 6.30. The molecule has 0 saturated heterocycles. The highest BCUT2D eigenvalue weighted by Crippen LogP contribution is 2.16. The first kappa shape index (κ1) is 16.0. The first-order chi connectivity index (χ1) is 9.07. The van der Waals surface area contributed by atoms with Crippen LogP contribution in [0.5, 0.6) is 5.75 Å². The van der Waals surface area contributed by atoms with Crippen LogP contribution in [-0.2, 0) is 6.54 Å². The first-order valence-electron chi connectivity index (χ1n) is 7.23. The van der Waals surface area contributed by atoms with Gasteiger partial charge in [0.15, 0.2) is 0 Å². The number of benzene rings is 1. The van der Waals surface area contributed by atoms with Gasteiger partial charge in [-0.15, -0.1) is 0 Å². The first-order valence-corrected chi connectivity index (χ1v) is 7.23. The molecule has 0 spiro atoms. The number of hydrogen-bond donors (Lipinski definition) is 1. The largest absolute Gasteiger partial charge is 0.497 e. The lowest BCUT2D eigenvalue weighted by Gasteiger charge is -2.30. The second-order valence-electron chi connectivity index (χ2n) is 5.77. The lowest BCUT2D eigenvalue weighted by molar-refractivity contribution is -0.903. The van der Waals surface area contributed by atoms with E-state index in [4.69, 9.17) is 4.74 Å². The maximum Gasteiger partial charge on any atom is 0.119 e. The molecule has 19 heavy (non-hydrogen) atoms. The van der Waals surface area contributed by atoms with Crippen molar-refractivity contribution in [3.63, 3.8) is 0 Å². The highest BCUT2D eigenvalue weighted by molar-refractivity contribution is 5.27. The second kappa shape index (κ2) is 8.18. The minimum atomic E-state index is 0.946. The maximum atomic E-state index is 5.28. The van der Waals surface area contributed by atoms with Gasteiger partial charge in [-0.05, 0) is 25.1 Å². The summed E-state index contributed by atoms with van der Waals surface area (Å²) < 4.78 is 6.29. The SMILES string of the molecule is CCCNCCC[N+](C)(C)Cc1cccc(OC)c1. The van der Waals surface area contributed by atoms with Crippen LogP contribution in [0.3, 0.4) is 0 Å². The molecule has 0 heterocycles. The van der Waals surface area contributed by atoms with Crippen molar-refractivity contribution < 1.29 is 9.22 Å². The van der Waals surface area contributed by atoms with Gasteiger partial charge in [-0.25, -0.2) is 0 Å². The van der Waals surface area contributed by atoms with Crippen molar-refractivity contribution in [1.29, 1.82) is 0 Å². The van der Waals surface area contributed by atoms with Crippen molar-refractivity contribution in [3.05, 3.63) is 29.8 Å². The molecule has 1 aromatic carbocycles. The van der Waals surface area contributed by atoms with Crippen LogP contribution >= 0.6 is 0 Å². The summed E-state index contributed by atoms with van der Waals surface area (Å²) in [6, 6.07) is 8.38. The van der Waals surface area contributed by atoms with E-state index >= 15 is 0 Å². The third-order valence-corrected chi connectivity index (χ3v) is 3.29. The zero-order chi connectivity index (χ0) is 14.1. The molecule has 0 unspecified atom stereocenters. The summed E-state index contributed by atoms with van der Waals surface area (Å²) in [5, 5.41) is 3.46. The van der Waals surface area contributed by atoms with Crippen LogP contribution in [0.2, 0.25) is 0 Å². The molecular weight excluding hydrogens is 236 g/mol. The highest BCUT2D eigenvalue weighted by atomic mass is 16.5. The standard InChI is InChI=1S/C16H29N2O/c1-5-10-17-11-7-12-18(2,3)14-15-8-6-9-16(13-15)19-4/h6,8-9,13,17H,5,7,10-12,14H2,1-4H3/q+1. The summed E-state index contributed by atoms with van der Waals surface area (Å²) in [5.74, 6) is 0.946. The molecule has 1 rings (SSSR count). The molecular formula is C16H29N2O+. The van der Waals surface area contributed by atoms with Crippen molar-refractivity contribution in [1.82, 2.24) is 5.32 Å². The molecule has 0 aromatic heterocycles. The van der Waals surface area contributed by atoms with E-state index in [2.05, 4.69) is 44.5 Å². The third kappa shape index (κ3) is 6.60. The molecule has 108 valence electrons. The Morgan fingerprint density at radius 2 is 2.00 bits per heavy atom. The van der Waals surface area contributed by atoms with Crippen LogP contribution in [0.15, 0.2) is 24.3 Å². The van der Waals surface area contributed by atoms with Gasteiger partial charge in [-0.1, -0.05) is 19.1 Å². The van der Waals surface area contributed by atoms with Crippen LogP contribution in [-0.4, -0.2) is 45.3 Å². The number of hydrogen-bond acceptors (Lipinski definition) is 2. The molecule has 0 bridgehead atoms. The Bertz CT molecular complexity index is 364. The van der Waals surface area contributed by atoms with E-state index < -0.39 is 0 Å². The second-order valence-corrected chi connectivity index (χ2v) is 5.77. The van der Waals surface area contributed by atoms with Crippen molar-refractivity contribution in [2.24, 2.45) is 0 Å². The molecule has 3 nitrogen and oxygen atoms in total. The predicted molar refractivity (Wildman–Crippen MR) is 81.5 cm³/mol. The van der Waals surface area contributed by atoms with E-state index in [0.29, 0.717) is 0 Å². The lowest BCUT2D eigenvalue weighted by atomic mass is 10.2. The summed E-state index contributed by atoms with van der Waals surface area (Å²) in [5.41, 5.74) is 1.34. The fraction of sp³-hybridized carbons (Fsp3) is 0.625. The normalized spacial score (nSPS) is 11.6. The highest BCUT2D eigenvalue weighted by Gasteiger charge is 2.15. The molecule has 1 aromatic rings. The monoisotopic (exact) mass is 265 g/mol. The molecule has 0 fully saturated rings. The van der Waals surface area contributed by atoms with Crippen LogP contribution < -0.4 is 10.1 Å². The van der Waals surface area contributed by atoms with Crippen LogP contribution in [0.1, 0.15) is 25.3 Å². The predicted octanol–water partition coefficient (Wildman–Crippen LogP) is 2.66. The minimum Gasteiger partial charge on any atom is -0.497 e. The number of nitrogens with one attached hydrogen (secondary N) is 1. The van der Waals surface area contributed by atoms with Gasteiger partial charge in [0.1, 0.15) is 12.3 Å². The Morgan fingerprint density at radius 3 is 2.68 bits per heavy atom. The van der Waals surface area contributed by atoms with Crippen LogP contribution in [0, 0.1) is 0 Å². The Hall–Kier alpha value is -1.06. The average Bonchev–Trinajstić information content (AvgIpc) is 2.38. The average molecular weight is 265 g/mol. The summed E-state index contributed by atoms with van der Waals surface area (Å²) in [4.78, 5) is 0. The smallest absolute Gasteiger partial charge is 0.119 e. The van der Waals surface area contributed by atoms with Gasteiger partial charge in [-0.3, -0.25) is 0 Å². The molecule has 3 heteroatoms. The molecule has 0 aliphatic carbocycles. The zero-order valence-electron chi connectivity index (χ0n) is 12.9. The molecule has 0 aliphatic heterocycles. The number of rotatable bonds is 9. The fourth-order valence-corrected chi connectivity index (χ4v) is 2.28. The van der Waals surface area contributed by atoms with E-state index in [1.54, 1.807) is 7.11 Å². The van der Waals surface area contributed by atoms with E-state index in [-0.39, 0.29) is 0 Å². The molecule has 0 aliphatic rings. The van der Waals surface area contributed by atoms with E-state index in [0.717, 1.165) is 29.9 Å². The molecule has 0 radical (unpaired) electrons. The van der Waals surface area contributed by atoms with Crippen molar-refractivity contribution in [2.75, 3.05) is 40.8 Å². The summed E-state index contributed by atoms with van der Waals surface area (Å²) >= 11 is 0. The van der Waals surface area contributed by atoms with Gasteiger partial charge in [0, 0.05) is 18.5 Å². The Kier molecular flexibility index (Phi) is 6.89. The van der Waals surface area contributed by atoms with Gasteiger partial charge in [0.05, 0.1) is 27.7 Å². The molecule has 0 saturated carbocycles. The molecule has 1 N–H and O–H groups in total. The minimum absolute atomic E-state index is 0.946. The molecule has 0 atom stereocenters. The van der Waals surface area contributed by atoms with Crippen molar-refractivity contribution in [3.8, 4) is 5.75 Å². The van der Waals surface area contributed by atoms with Gasteiger partial charge in [0.2, 0.25) is 0 Å². The van der Waals surface area contributed by atoms with E-state index in [1.807, 2.05) is 6.07 Å². The van der Waals surface area contributed by atoms with E-state index in [9.17, 15) is 0 Å². The van der Waals surface area contributed by atoms with Gasteiger partial charge in [-0.2, -0.15) is 0 Å². The van der Waals surface area contributed by atoms with Gasteiger partial charge < -0.3 is 14.5 Å². The number of ether oxygens (including phenoxy) is 1. The summed E-state index contributed by atoms with van der Waals surface area (Å²) in [6.45, 7) is 6.69.